The lowest BCUT2D eigenvalue weighted by atomic mass is 9.90. The number of carbonyl (C=O) groups is 2. The number of urea groups is 1. The molecule has 1 fully saturated rings. The summed E-state index contributed by atoms with van der Waals surface area (Å²) in [5.41, 5.74) is 3.08. The van der Waals surface area contributed by atoms with E-state index in [-0.39, 0.29) is 17.9 Å². The highest BCUT2D eigenvalue weighted by Gasteiger charge is 2.33. The molecule has 0 spiro atoms. The third kappa shape index (κ3) is 3.72. The van der Waals surface area contributed by atoms with E-state index < -0.39 is 0 Å². The van der Waals surface area contributed by atoms with Crippen molar-refractivity contribution >= 4 is 17.6 Å². The molecule has 2 N–H and O–H groups in total. The van der Waals surface area contributed by atoms with Crippen molar-refractivity contribution in [1.29, 1.82) is 0 Å². The summed E-state index contributed by atoms with van der Waals surface area (Å²) in [7, 11) is 0. The number of hydrogen-bond donors (Lipinski definition) is 2. The summed E-state index contributed by atoms with van der Waals surface area (Å²) in [6, 6.07) is 18.2. The van der Waals surface area contributed by atoms with Gasteiger partial charge in [-0.15, -0.1) is 0 Å². The van der Waals surface area contributed by atoms with Crippen LogP contribution in [-0.4, -0.2) is 29.4 Å². The summed E-state index contributed by atoms with van der Waals surface area (Å²) in [4.78, 5) is 26.6. The molecule has 26 heavy (non-hydrogen) atoms. The van der Waals surface area contributed by atoms with Crippen molar-refractivity contribution in [1.82, 2.24) is 10.2 Å². The minimum Gasteiger partial charge on any atom is -0.337 e. The van der Waals surface area contributed by atoms with E-state index in [1.165, 1.54) is 0 Å². The molecule has 5 nitrogen and oxygen atoms in total. The van der Waals surface area contributed by atoms with Gasteiger partial charge in [0.1, 0.15) is 0 Å². The maximum absolute atomic E-state index is 12.8. The Bertz CT molecular complexity index is 802. The van der Waals surface area contributed by atoms with Crippen LogP contribution in [0.2, 0.25) is 0 Å². The lowest BCUT2D eigenvalue weighted by Crippen LogP contribution is -2.43. The molecule has 1 atom stereocenters. The molecule has 0 bridgehead atoms. The second-order valence-corrected chi connectivity index (χ2v) is 7.07. The molecule has 2 aromatic rings. The van der Waals surface area contributed by atoms with Gasteiger partial charge in [0.2, 0.25) is 5.91 Å². The van der Waals surface area contributed by atoms with Crippen LogP contribution in [0.5, 0.6) is 0 Å². The fourth-order valence-corrected chi connectivity index (χ4v) is 3.53. The van der Waals surface area contributed by atoms with E-state index in [9.17, 15) is 9.59 Å². The number of carbonyl (C=O) groups excluding carboxylic acids is 2. The Morgan fingerprint density at radius 3 is 2.58 bits per heavy atom. The first-order valence-corrected chi connectivity index (χ1v) is 9.18. The average molecular weight is 349 g/mol. The number of nitrogens with one attached hydrogen (secondary N) is 2. The van der Waals surface area contributed by atoms with Gasteiger partial charge in [-0.2, -0.15) is 0 Å². The van der Waals surface area contributed by atoms with Crippen molar-refractivity contribution in [3.8, 4) is 0 Å². The average Bonchev–Trinajstić information content (AvgIpc) is 3.49. The Balaban J connectivity index is 1.42. The molecule has 2 aliphatic rings. The molecule has 1 aliphatic carbocycles. The SMILES string of the molecule is O=C1C[C@H](CNC(=O)N(Cc2ccccc2)C2CC2)c2ccccc2N1. The predicted octanol–water partition coefficient (Wildman–Crippen LogP) is 3.49. The van der Waals surface area contributed by atoms with Crippen LogP contribution in [0.3, 0.4) is 0 Å². The zero-order chi connectivity index (χ0) is 17.9. The smallest absolute Gasteiger partial charge is 0.317 e. The van der Waals surface area contributed by atoms with E-state index in [0.29, 0.717) is 25.6 Å². The molecule has 3 amide bonds. The largest absolute Gasteiger partial charge is 0.337 e. The summed E-state index contributed by atoms with van der Waals surface area (Å²) in [5, 5.41) is 5.96. The van der Waals surface area contributed by atoms with Gasteiger partial charge in [-0.05, 0) is 30.0 Å². The Morgan fingerprint density at radius 1 is 1.08 bits per heavy atom. The second kappa shape index (κ2) is 7.20. The van der Waals surface area contributed by atoms with Crippen LogP contribution >= 0.6 is 0 Å². The maximum atomic E-state index is 12.8. The summed E-state index contributed by atoms with van der Waals surface area (Å²) in [6.45, 7) is 1.10. The number of benzene rings is 2. The second-order valence-electron chi connectivity index (χ2n) is 7.07. The molecule has 1 aliphatic heterocycles. The zero-order valence-corrected chi connectivity index (χ0v) is 14.7. The van der Waals surface area contributed by atoms with Gasteiger partial charge >= 0.3 is 6.03 Å². The van der Waals surface area contributed by atoms with Gasteiger partial charge in [-0.3, -0.25) is 4.79 Å². The molecule has 5 heteroatoms. The maximum Gasteiger partial charge on any atom is 0.317 e. The van der Waals surface area contributed by atoms with Crippen LogP contribution in [0.15, 0.2) is 54.6 Å². The van der Waals surface area contributed by atoms with Gasteiger partial charge in [-0.25, -0.2) is 4.79 Å². The van der Waals surface area contributed by atoms with Gasteiger partial charge in [0.15, 0.2) is 0 Å². The van der Waals surface area contributed by atoms with E-state index in [4.69, 9.17) is 0 Å². The molecule has 0 radical (unpaired) electrons. The highest BCUT2D eigenvalue weighted by molar-refractivity contribution is 5.94. The van der Waals surface area contributed by atoms with E-state index in [2.05, 4.69) is 10.6 Å². The number of hydrogen-bond acceptors (Lipinski definition) is 2. The summed E-state index contributed by atoms with van der Waals surface area (Å²) >= 11 is 0. The van der Waals surface area contributed by atoms with Gasteiger partial charge in [0.25, 0.3) is 0 Å². The molecular formula is C21H23N3O2. The zero-order valence-electron chi connectivity index (χ0n) is 14.7. The lowest BCUT2D eigenvalue weighted by molar-refractivity contribution is -0.116. The Kier molecular flexibility index (Phi) is 4.61. The molecule has 4 rings (SSSR count). The third-order valence-electron chi connectivity index (χ3n) is 5.05. The van der Waals surface area contributed by atoms with Crippen molar-refractivity contribution < 1.29 is 9.59 Å². The molecule has 0 saturated heterocycles. The fraction of sp³-hybridized carbons (Fsp3) is 0.333. The van der Waals surface area contributed by atoms with Gasteiger partial charge in [0.05, 0.1) is 0 Å². The quantitative estimate of drug-likeness (QED) is 0.868. The Labute approximate surface area is 153 Å². The van der Waals surface area contributed by atoms with E-state index >= 15 is 0 Å². The van der Waals surface area contributed by atoms with Crippen molar-refractivity contribution in [2.75, 3.05) is 11.9 Å². The topological polar surface area (TPSA) is 61.4 Å². The first-order chi connectivity index (χ1) is 12.7. The Hall–Kier alpha value is -2.82. The highest BCUT2D eigenvalue weighted by Crippen LogP contribution is 2.32. The van der Waals surface area contributed by atoms with Crippen LogP contribution in [-0.2, 0) is 11.3 Å². The molecule has 134 valence electrons. The summed E-state index contributed by atoms with van der Waals surface area (Å²) in [5.74, 6) is 0.0213. The van der Waals surface area contributed by atoms with Crippen molar-refractivity contribution in [3.63, 3.8) is 0 Å². The molecule has 0 aromatic heterocycles. The fourth-order valence-electron chi connectivity index (χ4n) is 3.53. The van der Waals surface area contributed by atoms with E-state index in [1.807, 2.05) is 59.5 Å². The van der Waals surface area contributed by atoms with E-state index in [1.54, 1.807) is 0 Å². The number of fused-ring (bicyclic) bond motifs is 1. The number of anilines is 1. The minimum absolute atomic E-state index is 0.00582. The number of rotatable bonds is 5. The van der Waals surface area contributed by atoms with Gasteiger partial charge < -0.3 is 15.5 Å². The molecule has 1 heterocycles. The van der Waals surface area contributed by atoms with Crippen molar-refractivity contribution in [2.45, 2.75) is 37.8 Å². The number of para-hydroxylation sites is 1. The summed E-state index contributed by atoms with van der Waals surface area (Å²) < 4.78 is 0. The predicted molar refractivity (Wildman–Crippen MR) is 101 cm³/mol. The molecule has 1 saturated carbocycles. The normalized spacial score (nSPS) is 18.6. The Morgan fingerprint density at radius 2 is 1.81 bits per heavy atom. The van der Waals surface area contributed by atoms with Crippen LogP contribution in [0.25, 0.3) is 0 Å². The van der Waals surface area contributed by atoms with Gasteiger partial charge in [0, 0.05) is 37.2 Å². The summed E-state index contributed by atoms with van der Waals surface area (Å²) in [6.07, 6.45) is 2.53. The standard InChI is InChI=1S/C21H23N3O2/c25-20-12-16(18-8-4-5-9-19(18)23-20)13-22-21(26)24(17-10-11-17)14-15-6-2-1-3-7-15/h1-9,16-17H,10-14H2,(H,22,26)(H,23,25)/t16-/m1/s1. The molecular weight excluding hydrogens is 326 g/mol. The number of amides is 3. The first-order valence-electron chi connectivity index (χ1n) is 9.18. The van der Waals surface area contributed by atoms with Crippen LogP contribution < -0.4 is 10.6 Å². The van der Waals surface area contributed by atoms with Crippen molar-refractivity contribution in [2.24, 2.45) is 0 Å². The molecule has 2 aromatic carbocycles. The van der Waals surface area contributed by atoms with Crippen LogP contribution in [0.4, 0.5) is 10.5 Å². The van der Waals surface area contributed by atoms with Crippen LogP contribution in [0, 0.1) is 0 Å². The first kappa shape index (κ1) is 16.6. The minimum atomic E-state index is -0.0418. The monoisotopic (exact) mass is 349 g/mol. The van der Waals surface area contributed by atoms with Gasteiger partial charge in [-0.1, -0.05) is 48.5 Å². The van der Waals surface area contributed by atoms with Crippen molar-refractivity contribution in [3.05, 3.63) is 65.7 Å². The molecule has 0 unspecified atom stereocenters. The van der Waals surface area contributed by atoms with Crippen LogP contribution in [0.1, 0.15) is 36.3 Å². The van der Waals surface area contributed by atoms with E-state index in [0.717, 1.165) is 29.7 Å². The number of nitrogens with zero attached hydrogens (tertiary/aromatic N) is 1. The lowest BCUT2D eigenvalue weighted by Gasteiger charge is -2.28. The highest BCUT2D eigenvalue weighted by atomic mass is 16.2. The third-order valence-corrected chi connectivity index (χ3v) is 5.05.